The maximum atomic E-state index is 11.2. The predicted molar refractivity (Wildman–Crippen MR) is 83.2 cm³/mol. The van der Waals surface area contributed by atoms with Gasteiger partial charge >= 0.3 is 5.97 Å². The zero-order valence-corrected chi connectivity index (χ0v) is 12.8. The molecule has 0 spiro atoms. The number of carbonyl (C=O) groups is 1. The van der Waals surface area contributed by atoms with Gasteiger partial charge in [0, 0.05) is 0 Å². The Bertz CT molecular complexity index is 662. The lowest BCUT2D eigenvalue weighted by Gasteiger charge is -2.14. The molecule has 0 heterocycles. The van der Waals surface area contributed by atoms with E-state index in [9.17, 15) is 4.79 Å². The summed E-state index contributed by atoms with van der Waals surface area (Å²) in [5, 5.41) is 12.8. The van der Waals surface area contributed by atoms with Crippen molar-refractivity contribution in [1.82, 2.24) is 0 Å². The van der Waals surface area contributed by atoms with Crippen LogP contribution >= 0.6 is 46.4 Å². The van der Waals surface area contributed by atoms with E-state index in [1.165, 1.54) is 12.1 Å². The Morgan fingerprint density at radius 1 is 1.00 bits per heavy atom. The Balaban J connectivity index is 2.54. The van der Waals surface area contributed by atoms with Crippen LogP contribution in [0.25, 0.3) is 0 Å². The molecule has 0 saturated heterocycles. The highest BCUT2D eigenvalue weighted by molar-refractivity contribution is 6.50. The summed E-state index contributed by atoms with van der Waals surface area (Å²) in [5.74, 6) is -1.08. The van der Waals surface area contributed by atoms with Crippen LogP contribution in [-0.4, -0.2) is 11.1 Å². The molecule has 0 unspecified atom stereocenters. The molecule has 0 radical (unpaired) electrons. The monoisotopic (exact) mass is 349 g/mol. The Morgan fingerprint density at radius 2 is 1.55 bits per heavy atom. The van der Waals surface area contributed by atoms with Crippen LogP contribution in [0.2, 0.25) is 20.1 Å². The Morgan fingerprint density at radius 3 is 2.10 bits per heavy atom. The molecular weight excluding hydrogens is 344 g/mol. The Kier molecular flexibility index (Phi) is 4.66. The van der Waals surface area contributed by atoms with Gasteiger partial charge in [0.1, 0.15) is 0 Å². The maximum absolute atomic E-state index is 11.2. The van der Waals surface area contributed by atoms with Gasteiger partial charge in [-0.3, -0.25) is 0 Å². The summed E-state index contributed by atoms with van der Waals surface area (Å²) >= 11 is 24.0. The average Bonchev–Trinajstić information content (AvgIpc) is 2.41. The van der Waals surface area contributed by atoms with Gasteiger partial charge in [0.05, 0.1) is 37.0 Å². The van der Waals surface area contributed by atoms with Crippen LogP contribution < -0.4 is 5.32 Å². The first-order chi connectivity index (χ1) is 9.41. The molecule has 0 atom stereocenters. The third-order valence-electron chi connectivity index (χ3n) is 2.53. The molecule has 0 fully saturated rings. The molecule has 0 aliphatic carbocycles. The zero-order chi connectivity index (χ0) is 14.9. The van der Waals surface area contributed by atoms with E-state index in [1.807, 2.05) is 0 Å². The number of carboxylic acids is 1. The van der Waals surface area contributed by atoms with Gasteiger partial charge in [-0.1, -0.05) is 58.5 Å². The van der Waals surface area contributed by atoms with Gasteiger partial charge in [0.2, 0.25) is 0 Å². The van der Waals surface area contributed by atoms with E-state index >= 15 is 0 Å². The molecule has 2 aromatic rings. The highest BCUT2D eigenvalue weighted by Gasteiger charge is 2.16. The van der Waals surface area contributed by atoms with Gasteiger partial charge in [0.15, 0.2) is 0 Å². The zero-order valence-electron chi connectivity index (χ0n) is 9.75. The van der Waals surface area contributed by atoms with Crippen molar-refractivity contribution in [2.24, 2.45) is 0 Å². The van der Waals surface area contributed by atoms with Crippen molar-refractivity contribution in [3.63, 3.8) is 0 Å². The van der Waals surface area contributed by atoms with Gasteiger partial charge in [-0.25, -0.2) is 4.79 Å². The summed E-state index contributed by atoms with van der Waals surface area (Å²) in [6, 6.07) is 7.76. The fraction of sp³-hybridized carbons (Fsp3) is 0. The standard InChI is InChI=1S/C13H7Cl4NO2/c14-7-5-8(15)11(17)12(10(7)16)18-9-4-2-1-3-6(9)13(19)20/h1-5,18H,(H,19,20). The molecular formula is C13H7Cl4NO2. The van der Waals surface area contributed by atoms with Crippen LogP contribution in [0.3, 0.4) is 0 Å². The molecule has 2 aromatic carbocycles. The van der Waals surface area contributed by atoms with Crippen LogP contribution in [0.1, 0.15) is 10.4 Å². The average molecular weight is 351 g/mol. The summed E-state index contributed by atoms with van der Waals surface area (Å²) in [5.41, 5.74) is 0.678. The van der Waals surface area contributed by atoms with Crippen molar-refractivity contribution in [3.8, 4) is 0 Å². The van der Waals surface area contributed by atoms with Gasteiger partial charge < -0.3 is 10.4 Å². The smallest absolute Gasteiger partial charge is 0.337 e. The normalized spacial score (nSPS) is 10.4. The van der Waals surface area contributed by atoms with Gasteiger partial charge in [-0.2, -0.15) is 0 Å². The minimum Gasteiger partial charge on any atom is -0.478 e. The molecule has 0 aliphatic rings. The van der Waals surface area contributed by atoms with E-state index < -0.39 is 5.97 Å². The van der Waals surface area contributed by atoms with Crippen molar-refractivity contribution in [3.05, 3.63) is 56.0 Å². The summed E-state index contributed by atoms with van der Waals surface area (Å²) in [4.78, 5) is 11.2. The predicted octanol–water partition coefficient (Wildman–Crippen LogP) is 5.74. The number of nitrogens with one attached hydrogen (secondary N) is 1. The van der Waals surface area contributed by atoms with E-state index in [0.29, 0.717) is 5.69 Å². The molecule has 2 rings (SSSR count). The largest absolute Gasteiger partial charge is 0.478 e. The van der Waals surface area contributed by atoms with E-state index in [1.54, 1.807) is 18.2 Å². The van der Waals surface area contributed by atoms with E-state index in [2.05, 4.69) is 5.32 Å². The lowest BCUT2D eigenvalue weighted by atomic mass is 10.1. The highest BCUT2D eigenvalue weighted by atomic mass is 35.5. The number of carboxylic acid groups (broad SMARTS) is 1. The number of halogens is 4. The van der Waals surface area contributed by atoms with Gasteiger partial charge in [0.25, 0.3) is 0 Å². The minimum absolute atomic E-state index is 0.0794. The third kappa shape index (κ3) is 2.96. The molecule has 2 N–H and O–H groups in total. The molecule has 0 amide bonds. The van der Waals surface area contributed by atoms with E-state index in [4.69, 9.17) is 51.5 Å². The number of para-hydroxylation sites is 1. The molecule has 7 heteroatoms. The van der Waals surface area contributed by atoms with Crippen LogP contribution in [0, 0.1) is 0 Å². The minimum atomic E-state index is -1.08. The van der Waals surface area contributed by atoms with Crippen LogP contribution in [0.15, 0.2) is 30.3 Å². The lowest BCUT2D eigenvalue weighted by Crippen LogP contribution is -2.03. The first-order valence-electron chi connectivity index (χ1n) is 5.34. The van der Waals surface area contributed by atoms with Crippen molar-refractivity contribution >= 4 is 63.7 Å². The highest BCUT2D eigenvalue weighted by Crippen LogP contribution is 2.42. The molecule has 104 valence electrons. The maximum Gasteiger partial charge on any atom is 0.337 e. The molecule has 3 nitrogen and oxygen atoms in total. The molecule has 0 saturated carbocycles. The molecule has 0 aromatic heterocycles. The van der Waals surface area contributed by atoms with Crippen molar-refractivity contribution in [2.45, 2.75) is 0 Å². The summed E-state index contributed by atoms with van der Waals surface area (Å²) in [6.07, 6.45) is 0. The Hall–Kier alpha value is -1.13. The third-order valence-corrected chi connectivity index (χ3v) is 4.10. The topological polar surface area (TPSA) is 49.3 Å². The fourth-order valence-corrected chi connectivity index (χ4v) is 2.50. The molecule has 0 aliphatic heterocycles. The van der Waals surface area contributed by atoms with Crippen LogP contribution in [0.4, 0.5) is 11.4 Å². The van der Waals surface area contributed by atoms with Gasteiger partial charge in [-0.05, 0) is 18.2 Å². The second-order valence-corrected chi connectivity index (χ2v) is 5.39. The SMILES string of the molecule is O=C(O)c1ccccc1Nc1c(Cl)c(Cl)cc(Cl)c1Cl. The molecule has 20 heavy (non-hydrogen) atoms. The summed E-state index contributed by atoms with van der Waals surface area (Å²) in [7, 11) is 0. The van der Waals surface area contributed by atoms with Crippen LogP contribution in [0.5, 0.6) is 0 Å². The van der Waals surface area contributed by atoms with E-state index in [0.717, 1.165) is 0 Å². The Labute approximate surface area is 135 Å². The lowest BCUT2D eigenvalue weighted by molar-refractivity contribution is 0.0698. The summed E-state index contributed by atoms with van der Waals surface area (Å²) in [6.45, 7) is 0. The second-order valence-electron chi connectivity index (χ2n) is 3.82. The van der Waals surface area contributed by atoms with Crippen molar-refractivity contribution < 1.29 is 9.90 Å². The number of anilines is 2. The summed E-state index contributed by atoms with van der Waals surface area (Å²) < 4.78 is 0. The number of rotatable bonds is 3. The second kappa shape index (κ2) is 6.10. The van der Waals surface area contributed by atoms with E-state index in [-0.39, 0.29) is 31.3 Å². The number of benzene rings is 2. The van der Waals surface area contributed by atoms with Gasteiger partial charge in [-0.15, -0.1) is 0 Å². The number of hydrogen-bond acceptors (Lipinski definition) is 2. The first-order valence-corrected chi connectivity index (χ1v) is 6.85. The van der Waals surface area contributed by atoms with Crippen molar-refractivity contribution in [2.75, 3.05) is 5.32 Å². The fourth-order valence-electron chi connectivity index (χ4n) is 1.60. The first kappa shape index (κ1) is 15.3. The number of aromatic carboxylic acids is 1. The quantitative estimate of drug-likeness (QED) is 0.693. The molecule has 0 bridgehead atoms. The van der Waals surface area contributed by atoms with Crippen molar-refractivity contribution in [1.29, 1.82) is 0 Å². The number of hydrogen-bond donors (Lipinski definition) is 2. The van der Waals surface area contributed by atoms with Crippen LogP contribution in [-0.2, 0) is 0 Å².